The van der Waals surface area contributed by atoms with Gasteiger partial charge in [0.25, 0.3) is 0 Å². The molecule has 3 fully saturated rings. The van der Waals surface area contributed by atoms with E-state index in [1.807, 2.05) is 6.08 Å². The molecule has 4 aliphatic rings. The number of fused-ring (bicyclic) bond motifs is 5. The lowest BCUT2D eigenvalue weighted by Gasteiger charge is -2.55. The average molecular weight is 397 g/mol. The predicted octanol–water partition coefficient (Wildman–Crippen LogP) is 4.64. The number of carbonyl (C=O) groups is 1. The molecule has 0 bridgehead atoms. The monoisotopic (exact) mass is 396 g/mol. The molecule has 0 radical (unpaired) electrons. The third-order valence-corrected chi connectivity index (χ3v) is 8.94. The molecule has 0 aliphatic heterocycles. The SMILES string of the molecule is C[C@]12CC[C@H]3[C@@H](CCC4=CC(=O)CC[C@@H]43)[C@@H]1CC[C@@]2(O)COc1ccc(O)cc1. The van der Waals surface area contributed by atoms with Crippen LogP contribution in [0, 0.1) is 29.1 Å². The number of phenolic OH excluding ortho intramolecular Hbond substituents is 1. The average Bonchev–Trinajstić information content (AvgIpc) is 2.98. The van der Waals surface area contributed by atoms with Gasteiger partial charge in [0, 0.05) is 11.8 Å². The topological polar surface area (TPSA) is 66.8 Å². The Balaban J connectivity index is 1.34. The van der Waals surface area contributed by atoms with E-state index in [0.29, 0.717) is 48.2 Å². The summed E-state index contributed by atoms with van der Waals surface area (Å²) >= 11 is 0. The summed E-state index contributed by atoms with van der Waals surface area (Å²) in [6.45, 7) is 2.60. The van der Waals surface area contributed by atoms with Gasteiger partial charge in [-0.2, -0.15) is 0 Å². The van der Waals surface area contributed by atoms with Crippen molar-refractivity contribution in [1.82, 2.24) is 0 Å². The molecule has 0 amide bonds. The Kier molecular flexibility index (Phi) is 4.54. The minimum atomic E-state index is -0.806. The summed E-state index contributed by atoms with van der Waals surface area (Å²) < 4.78 is 5.99. The van der Waals surface area contributed by atoms with Gasteiger partial charge < -0.3 is 14.9 Å². The van der Waals surface area contributed by atoms with Gasteiger partial charge in [0.05, 0.1) is 0 Å². The quantitative estimate of drug-likeness (QED) is 0.781. The Hall–Kier alpha value is -1.81. The second-order valence-electron chi connectivity index (χ2n) is 10.1. The molecule has 5 rings (SSSR count). The Bertz CT molecular complexity index is 828. The third kappa shape index (κ3) is 3.02. The highest BCUT2D eigenvalue weighted by Gasteiger charge is 2.62. The fourth-order valence-electron chi connectivity index (χ4n) is 7.27. The van der Waals surface area contributed by atoms with Gasteiger partial charge in [-0.15, -0.1) is 0 Å². The van der Waals surface area contributed by atoms with Crippen molar-refractivity contribution < 1.29 is 19.7 Å². The molecule has 1 aromatic rings. The van der Waals surface area contributed by atoms with Crippen molar-refractivity contribution in [3.63, 3.8) is 0 Å². The van der Waals surface area contributed by atoms with Crippen molar-refractivity contribution in [2.45, 2.75) is 63.9 Å². The maximum atomic E-state index is 11.9. The summed E-state index contributed by atoms with van der Waals surface area (Å²) in [7, 11) is 0. The van der Waals surface area contributed by atoms with Crippen molar-refractivity contribution in [3.8, 4) is 11.5 Å². The van der Waals surface area contributed by atoms with E-state index in [4.69, 9.17) is 4.74 Å². The number of phenols is 1. The van der Waals surface area contributed by atoms with Crippen LogP contribution in [0.1, 0.15) is 58.3 Å². The van der Waals surface area contributed by atoms with Crippen LogP contribution in [0.25, 0.3) is 0 Å². The number of ketones is 1. The van der Waals surface area contributed by atoms with Crippen molar-refractivity contribution in [3.05, 3.63) is 35.9 Å². The lowest BCUT2D eigenvalue weighted by molar-refractivity contribution is -0.135. The summed E-state index contributed by atoms with van der Waals surface area (Å²) in [5.74, 6) is 3.70. The van der Waals surface area contributed by atoms with Crippen LogP contribution < -0.4 is 4.74 Å². The van der Waals surface area contributed by atoms with E-state index < -0.39 is 5.60 Å². The number of hydrogen-bond acceptors (Lipinski definition) is 4. The van der Waals surface area contributed by atoms with Crippen LogP contribution in [0.5, 0.6) is 11.5 Å². The molecular weight excluding hydrogens is 364 g/mol. The van der Waals surface area contributed by atoms with Gasteiger partial charge in [-0.25, -0.2) is 0 Å². The largest absolute Gasteiger partial charge is 0.508 e. The summed E-state index contributed by atoms with van der Waals surface area (Å²) in [6, 6.07) is 6.74. The smallest absolute Gasteiger partial charge is 0.155 e. The van der Waals surface area contributed by atoms with Crippen LogP contribution in [0.15, 0.2) is 35.9 Å². The van der Waals surface area contributed by atoms with Crippen LogP contribution in [-0.4, -0.2) is 28.2 Å². The number of hydrogen-bond donors (Lipinski definition) is 2. The lowest BCUT2D eigenvalue weighted by atomic mass is 9.50. The first-order valence-corrected chi connectivity index (χ1v) is 11.3. The van der Waals surface area contributed by atoms with Gasteiger partial charge >= 0.3 is 0 Å². The Morgan fingerprint density at radius 2 is 1.83 bits per heavy atom. The van der Waals surface area contributed by atoms with Crippen molar-refractivity contribution in [2.24, 2.45) is 29.1 Å². The van der Waals surface area contributed by atoms with Gasteiger partial charge in [-0.1, -0.05) is 12.5 Å². The summed E-state index contributed by atoms with van der Waals surface area (Å²) in [6.07, 6.45) is 9.96. The van der Waals surface area contributed by atoms with Crippen molar-refractivity contribution in [2.75, 3.05) is 6.61 Å². The number of aromatic hydroxyl groups is 1. The molecule has 156 valence electrons. The molecular formula is C25H32O4. The van der Waals surface area contributed by atoms with Crippen molar-refractivity contribution >= 4 is 5.78 Å². The van der Waals surface area contributed by atoms with E-state index in [1.165, 1.54) is 5.57 Å². The maximum absolute atomic E-state index is 11.9. The fraction of sp³-hybridized carbons (Fsp3) is 0.640. The minimum Gasteiger partial charge on any atom is -0.508 e. The number of rotatable bonds is 3. The van der Waals surface area contributed by atoms with Gasteiger partial charge in [-0.3, -0.25) is 4.79 Å². The number of ether oxygens (including phenoxy) is 1. The molecule has 6 atom stereocenters. The summed E-state index contributed by atoms with van der Waals surface area (Å²) in [4.78, 5) is 11.9. The zero-order chi connectivity index (χ0) is 20.2. The molecule has 0 aromatic heterocycles. The van der Waals surface area contributed by atoms with E-state index in [1.54, 1.807) is 24.3 Å². The van der Waals surface area contributed by atoms with Gasteiger partial charge in [0.1, 0.15) is 23.7 Å². The van der Waals surface area contributed by atoms with Gasteiger partial charge in [0.2, 0.25) is 0 Å². The number of aliphatic hydroxyl groups is 1. The molecule has 0 unspecified atom stereocenters. The normalized spacial score (nSPS) is 41.2. The van der Waals surface area contributed by atoms with Crippen LogP contribution in [0.3, 0.4) is 0 Å². The highest BCUT2D eigenvalue weighted by molar-refractivity contribution is 5.91. The Morgan fingerprint density at radius 3 is 2.62 bits per heavy atom. The van der Waals surface area contributed by atoms with Crippen LogP contribution >= 0.6 is 0 Å². The first-order valence-electron chi connectivity index (χ1n) is 11.3. The van der Waals surface area contributed by atoms with Crippen LogP contribution in [-0.2, 0) is 4.79 Å². The number of allylic oxidation sites excluding steroid dienone is 1. The molecule has 0 heterocycles. The van der Waals surface area contributed by atoms with Crippen LogP contribution in [0.4, 0.5) is 0 Å². The molecule has 4 heteroatoms. The molecule has 1 aromatic carbocycles. The fourth-order valence-corrected chi connectivity index (χ4v) is 7.27. The highest BCUT2D eigenvalue weighted by atomic mass is 16.5. The van der Waals surface area contributed by atoms with E-state index in [-0.39, 0.29) is 11.2 Å². The van der Waals surface area contributed by atoms with E-state index in [2.05, 4.69) is 6.92 Å². The summed E-state index contributed by atoms with van der Waals surface area (Å²) in [5, 5.41) is 21.2. The lowest BCUT2D eigenvalue weighted by Crippen LogP contribution is -2.55. The standard InChI is InChI=1S/C25H32O4/c1-24-12-10-21-20-9-5-18(27)14-16(20)2-8-22(21)23(24)11-13-25(24,28)15-29-19-6-3-17(26)4-7-19/h3-4,6-7,14,20-23,26,28H,2,5,8-13,15H2,1H3/t20-,21+,22+,23-,24-,25+/m0/s1. The molecule has 0 spiro atoms. The minimum absolute atomic E-state index is 0.114. The predicted molar refractivity (Wildman–Crippen MR) is 111 cm³/mol. The molecule has 4 aliphatic carbocycles. The zero-order valence-electron chi connectivity index (χ0n) is 17.3. The van der Waals surface area contributed by atoms with Gasteiger partial charge in [-0.05, 0) is 99.0 Å². The van der Waals surface area contributed by atoms with Crippen molar-refractivity contribution in [1.29, 1.82) is 0 Å². The molecule has 29 heavy (non-hydrogen) atoms. The highest BCUT2D eigenvalue weighted by Crippen LogP contribution is 2.64. The van der Waals surface area contributed by atoms with E-state index in [0.717, 1.165) is 44.9 Å². The van der Waals surface area contributed by atoms with E-state index in [9.17, 15) is 15.0 Å². The van der Waals surface area contributed by atoms with E-state index >= 15 is 0 Å². The van der Waals surface area contributed by atoms with Crippen LogP contribution in [0.2, 0.25) is 0 Å². The summed E-state index contributed by atoms with van der Waals surface area (Å²) in [5.41, 5.74) is 0.491. The number of carbonyl (C=O) groups excluding carboxylic acids is 1. The molecule has 2 N–H and O–H groups in total. The molecule has 4 nitrogen and oxygen atoms in total. The molecule has 3 saturated carbocycles. The second kappa shape index (κ2) is 6.87. The first kappa shape index (κ1) is 19.2. The second-order valence-corrected chi connectivity index (χ2v) is 10.1. The first-order chi connectivity index (χ1) is 13.9. The zero-order valence-corrected chi connectivity index (χ0v) is 17.3. The number of benzene rings is 1. The third-order valence-electron chi connectivity index (χ3n) is 8.94. The maximum Gasteiger partial charge on any atom is 0.155 e. The van der Waals surface area contributed by atoms with Gasteiger partial charge in [0.15, 0.2) is 5.78 Å². The Labute approximate surface area is 173 Å². The Morgan fingerprint density at radius 1 is 1.03 bits per heavy atom. The molecule has 0 saturated heterocycles.